The van der Waals surface area contributed by atoms with Crippen LogP contribution in [-0.2, 0) is 32.3 Å². The van der Waals surface area contributed by atoms with Gasteiger partial charge in [0.05, 0.1) is 30.6 Å². The van der Waals surface area contributed by atoms with E-state index in [2.05, 4.69) is 11.3 Å². The Balaban J connectivity index is 2.10. The van der Waals surface area contributed by atoms with Gasteiger partial charge in [0.1, 0.15) is 0 Å². The molecule has 0 saturated carbocycles. The van der Waals surface area contributed by atoms with Crippen LogP contribution in [0.25, 0.3) is 0 Å². The van der Waals surface area contributed by atoms with Gasteiger partial charge in [-0.05, 0) is 23.8 Å². The number of halogens is 3. The van der Waals surface area contributed by atoms with E-state index in [4.69, 9.17) is 4.74 Å². The van der Waals surface area contributed by atoms with Crippen LogP contribution in [-0.4, -0.2) is 50.7 Å². The van der Waals surface area contributed by atoms with E-state index in [-0.39, 0.29) is 25.6 Å². The Morgan fingerprint density at radius 1 is 1.42 bits per heavy atom. The average Bonchev–Trinajstić information content (AvgIpc) is 2.92. The molecule has 26 heavy (non-hydrogen) atoms. The van der Waals surface area contributed by atoms with Crippen LogP contribution < -0.4 is 4.72 Å². The summed E-state index contributed by atoms with van der Waals surface area (Å²) in [4.78, 5) is 13.1. The highest BCUT2D eigenvalue weighted by atomic mass is 32.2. The van der Waals surface area contributed by atoms with Crippen LogP contribution in [0.15, 0.2) is 36.9 Å². The third kappa shape index (κ3) is 5.55. The highest BCUT2D eigenvalue weighted by molar-refractivity contribution is 7.88. The van der Waals surface area contributed by atoms with Gasteiger partial charge in [-0.2, -0.15) is 13.2 Å². The zero-order valence-corrected chi connectivity index (χ0v) is 14.8. The summed E-state index contributed by atoms with van der Waals surface area (Å²) in [6.45, 7) is 3.43. The lowest BCUT2D eigenvalue weighted by Gasteiger charge is -2.19. The minimum atomic E-state index is -4.46. The molecule has 2 rings (SSSR count). The minimum absolute atomic E-state index is 0.0885. The molecule has 10 heteroatoms. The smallest absolute Gasteiger partial charge is 0.370 e. The molecule has 1 heterocycles. The summed E-state index contributed by atoms with van der Waals surface area (Å²) in [5.74, 6) is -0.379. The number of alkyl halides is 3. The van der Waals surface area contributed by atoms with Gasteiger partial charge in [0.25, 0.3) is 0 Å². The zero-order valence-electron chi connectivity index (χ0n) is 14.0. The summed E-state index contributed by atoms with van der Waals surface area (Å²) >= 11 is 0. The Hall–Kier alpha value is -1.91. The molecule has 0 aromatic heterocycles. The number of rotatable bonds is 6. The lowest BCUT2D eigenvalue weighted by atomic mass is 10.1. The maximum Gasteiger partial charge on any atom is 0.416 e. The molecule has 0 unspecified atom stereocenters. The maximum atomic E-state index is 12.8. The molecule has 1 fully saturated rings. The molecule has 0 aliphatic carbocycles. The zero-order chi connectivity index (χ0) is 19.5. The van der Waals surface area contributed by atoms with Gasteiger partial charge in [0.2, 0.25) is 15.9 Å². The number of carbonyl (C=O) groups is 1. The summed E-state index contributed by atoms with van der Waals surface area (Å²) in [5.41, 5.74) is -0.495. The summed E-state index contributed by atoms with van der Waals surface area (Å²) in [6, 6.07) is 3.99. The maximum absolute atomic E-state index is 12.8. The monoisotopic (exact) mass is 392 g/mol. The number of sulfonamides is 1. The second kappa shape index (κ2) is 7.77. The summed E-state index contributed by atoms with van der Waals surface area (Å²) in [6.07, 6.45) is -3.07. The fraction of sp³-hybridized carbons (Fsp3) is 0.438. The Labute approximate surface area is 149 Å². The van der Waals surface area contributed by atoms with Crippen molar-refractivity contribution in [2.45, 2.75) is 24.9 Å². The highest BCUT2D eigenvalue weighted by Crippen LogP contribution is 2.29. The van der Waals surface area contributed by atoms with Gasteiger partial charge in [-0.15, -0.1) is 0 Å². The van der Waals surface area contributed by atoms with Crippen LogP contribution in [0.4, 0.5) is 13.2 Å². The fourth-order valence-corrected chi connectivity index (χ4v) is 3.46. The number of likely N-dealkylation sites (tertiary alicyclic amines) is 1. The molecule has 2 atom stereocenters. The standard InChI is InChI=1S/C16H19F3N2O4S/c1-3-15(22)21-8-13(20-26(2,23)24)14(9-21)25-10-11-5-4-6-12(7-11)16(17,18)19/h3-7,13-14,20H,1,8-10H2,2H3/t13-,14-/m1/s1. The van der Waals surface area contributed by atoms with E-state index in [9.17, 15) is 26.4 Å². The molecule has 1 saturated heterocycles. The molecule has 0 bridgehead atoms. The topological polar surface area (TPSA) is 75.7 Å². The third-order valence-electron chi connectivity index (χ3n) is 3.84. The number of nitrogens with zero attached hydrogens (tertiary/aromatic N) is 1. The predicted octanol–water partition coefficient (Wildman–Crippen LogP) is 1.54. The van der Waals surface area contributed by atoms with Gasteiger partial charge >= 0.3 is 6.18 Å². The molecule has 1 aromatic carbocycles. The first kappa shape index (κ1) is 20.4. The summed E-state index contributed by atoms with van der Waals surface area (Å²) in [7, 11) is -3.55. The molecule has 144 valence electrons. The fourth-order valence-electron chi connectivity index (χ4n) is 2.68. The Morgan fingerprint density at radius 2 is 2.12 bits per heavy atom. The lowest BCUT2D eigenvalue weighted by Crippen LogP contribution is -2.43. The van der Waals surface area contributed by atoms with Crippen LogP contribution in [0.2, 0.25) is 0 Å². The molecule has 1 amide bonds. The first-order chi connectivity index (χ1) is 12.0. The van der Waals surface area contributed by atoms with Crippen molar-refractivity contribution in [2.24, 2.45) is 0 Å². The normalized spacial score (nSPS) is 21.0. The van der Waals surface area contributed by atoms with Crippen molar-refractivity contribution in [3.8, 4) is 0 Å². The van der Waals surface area contributed by atoms with Gasteiger partial charge in [0, 0.05) is 13.1 Å². The van der Waals surface area contributed by atoms with Crippen molar-refractivity contribution in [3.05, 3.63) is 48.0 Å². The number of benzene rings is 1. The molecule has 1 N–H and O–H groups in total. The van der Waals surface area contributed by atoms with Crippen molar-refractivity contribution in [3.63, 3.8) is 0 Å². The number of carbonyl (C=O) groups excluding carboxylic acids is 1. The van der Waals surface area contributed by atoms with Crippen LogP contribution >= 0.6 is 0 Å². The molecule has 1 aliphatic heterocycles. The van der Waals surface area contributed by atoms with Gasteiger partial charge in [-0.1, -0.05) is 18.7 Å². The van der Waals surface area contributed by atoms with Gasteiger partial charge in [-0.25, -0.2) is 13.1 Å². The van der Waals surface area contributed by atoms with Gasteiger partial charge in [-0.3, -0.25) is 4.79 Å². The molecule has 1 aliphatic rings. The van der Waals surface area contributed by atoms with E-state index in [1.165, 1.54) is 17.0 Å². The van der Waals surface area contributed by atoms with Crippen molar-refractivity contribution < 1.29 is 31.1 Å². The van der Waals surface area contributed by atoms with Crippen LogP contribution in [0.1, 0.15) is 11.1 Å². The largest absolute Gasteiger partial charge is 0.416 e. The SMILES string of the molecule is C=CC(=O)N1C[C@@H](NS(C)(=O)=O)[C@H](OCc2cccc(C(F)(F)F)c2)C1. The molecule has 0 spiro atoms. The van der Waals surface area contributed by atoms with E-state index in [0.29, 0.717) is 5.56 Å². The van der Waals surface area contributed by atoms with E-state index in [1.54, 1.807) is 0 Å². The van der Waals surface area contributed by atoms with Crippen molar-refractivity contribution in [2.75, 3.05) is 19.3 Å². The van der Waals surface area contributed by atoms with Crippen LogP contribution in [0.3, 0.4) is 0 Å². The van der Waals surface area contributed by atoms with Gasteiger partial charge in [0.15, 0.2) is 0 Å². The Morgan fingerprint density at radius 3 is 2.69 bits per heavy atom. The van der Waals surface area contributed by atoms with E-state index >= 15 is 0 Å². The molecular formula is C16H19F3N2O4S. The second-order valence-electron chi connectivity index (χ2n) is 5.99. The molecule has 0 radical (unpaired) electrons. The predicted molar refractivity (Wildman–Crippen MR) is 88.6 cm³/mol. The van der Waals surface area contributed by atoms with Gasteiger partial charge < -0.3 is 9.64 Å². The minimum Gasteiger partial charge on any atom is -0.370 e. The quantitative estimate of drug-likeness (QED) is 0.746. The van der Waals surface area contributed by atoms with E-state index < -0.39 is 33.9 Å². The number of nitrogens with one attached hydrogen (secondary N) is 1. The number of amides is 1. The number of hydrogen-bond acceptors (Lipinski definition) is 4. The average molecular weight is 392 g/mol. The summed E-state index contributed by atoms with van der Waals surface area (Å²) in [5, 5.41) is 0. The highest BCUT2D eigenvalue weighted by Gasteiger charge is 2.37. The first-order valence-electron chi connectivity index (χ1n) is 7.66. The van der Waals surface area contributed by atoms with Crippen molar-refractivity contribution >= 4 is 15.9 Å². The third-order valence-corrected chi connectivity index (χ3v) is 4.57. The van der Waals surface area contributed by atoms with E-state index in [1.807, 2.05) is 0 Å². The molecular weight excluding hydrogens is 373 g/mol. The van der Waals surface area contributed by atoms with Crippen LogP contribution in [0, 0.1) is 0 Å². The van der Waals surface area contributed by atoms with Crippen molar-refractivity contribution in [1.29, 1.82) is 0 Å². The molecule has 1 aromatic rings. The second-order valence-corrected chi connectivity index (χ2v) is 7.77. The lowest BCUT2D eigenvalue weighted by molar-refractivity contribution is -0.137. The number of hydrogen-bond donors (Lipinski definition) is 1. The van der Waals surface area contributed by atoms with E-state index in [0.717, 1.165) is 24.5 Å². The Bertz CT molecular complexity index is 780. The van der Waals surface area contributed by atoms with Crippen LogP contribution in [0.5, 0.6) is 0 Å². The molecule has 6 nitrogen and oxygen atoms in total. The summed E-state index contributed by atoms with van der Waals surface area (Å²) < 4.78 is 69.3. The Kier molecular flexibility index (Phi) is 6.09. The number of ether oxygens (including phenoxy) is 1. The first-order valence-corrected chi connectivity index (χ1v) is 9.55. The van der Waals surface area contributed by atoms with Crippen molar-refractivity contribution in [1.82, 2.24) is 9.62 Å².